The van der Waals surface area contributed by atoms with Crippen molar-refractivity contribution in [1.82, 2.24) is 4.90 Å². The summed E-state index contributed by atoms with van der Waals surface area (Å²) in [6, 6.07) is 15.1. The highest BCUT2D eigenvalue weighted by atomic mass is 35.5. The second-order valence-electron chi connectivity index (χ2n) is 8.16. The minimum atomic E-state index is -0.551. The van der Waals surface area contributed by atoms with Crippen molar-refractivity contribution in [1.29, 1.82) is 0 Å². The number of halogens is 1. The maximum atomic E-state index is 13.3. The number of carbonyl (C=O) groups is 2. The van der Waals surface area contributed by atoms with Crippen LogP contribution in [0.15, 0.2) is 48.5 Å². The van der Waals surface area contributed by atoms with Gasteiger partial charge in [-0.2, -0.15) is 0 Å². The summed E-state index contributed by atoms with van der Waals surface area (Å²) in [6.07, 6.45) is 1.18. The summed E-state index contributed by atoms with van der Waals surface area (Å²) in [7, 11) is 0. The number of likely N-dealkylation sites (tertiary alicyclic amines) is 1. The maximum Gasteiger partial charge on any atom is 0.410 e. The van der Waals surface area contributed by atoms with Crippen LogP contribution >= 0.6 is 11.6 Å². The van der Waals surface area contributed by atoms with Crippen molar-refractivity contribution in [2.75, 3.05) is 13.1 Å². The molecule has 0 radical (unpaired) electrons. The average Bonchev–Trinajstić information content (AvgIpc) is 2.87. The molecule has 1 fully saturated rings. The first-order chi connectivity index (χ1) is 16.3. The molecule has 4 nitrogen and oxygen atoms in total. The van der Waals surface area contributed by atoms with Crippen LogP contribution in [-0.4, -0.2) is 35.5 Å². The molecule has 1 heterocycles. The van der Waals surface area contributed by atoms with Gasteiger partial charge in [-0.1, -0.05) is 95.6 Å². The minimum Gasteiger partial charge on any atom is -0.444 e. The molecule has 1 aliphatic rings. The van der Waals surface area contributed by atoms with Gasteiger partial charge >= 0.3 is 6.09 Å². The number of hydrogen-bond donors (Lipinski definition) is 0. The predicted octanol–water partition coefficient (Wildman–Crippen LogP) is 8.92. The quantitative estimate of drug-likeness (QED) is 0.404. The third-order valence-corrected chi connectivity index (χ3v) is 5.13. The first-order valence-corrected chi connectivity index (χ1v) is 13.0. The second kappa shape index (κ2) is 16.3. The van der Waals surface area contributed by atoms with E-state index in [1.165, 1.54) is 0 Å². The molecule has 0 aliphatic carbocycles. The van der Waals surface area contributed by atoms with Gasteiger partial charge in [-0.15, -0.1) is 0 Å². The lowest BCUT2D eigenvalue weighted by Crippen LogP contribution is -2.44. The molecule has 2 aromatic carbocycles. The predicted molar refractivity (Wildman–Crippen MR) is 146 cm³/mol. The van der Waals surface area contributed by atoms with Gasteiger partial charge in [-0.05, 0) is 45.2 Å². The van der Waals surface area contributed by atoms with Crippen LogP contribution in [0.5, 0.6) is 0 Å². The summed E-state index contributed by atoms with van der Waals surface area (Å²) < 4.78 is 5.48. The van der Waals surface area contributed by atoms with Crippen LogP contribution in [-0.2, 0) is 4.74 Å². The Morgan fingerprint density at radius 3 is 1.97 bits per heavy atom. The van der Waals surface area contributed by atoms with E-state index in [9.17, 15) is 9.59 Å². The van der Waals surface area contributed by atoms with Crippen LogP contribution in [0.4, 0.5) is 4.79 Å². The number of nitrogens with zero attached hydrogens (tertiary/aromatic N) is 1. The fraction of sp³-hybridized carbons (Fsp3) is 0.517. The Hall–Kier alpha value is -2.33. The Balaban J connectivity index is 0.00000168. The zero-order valence-electron chi connectivity index (χ0n) is 22.6. The standard InChI is InChI=1S/C23H26ClNO3.3C2H6/c1-23(2,3)28-22(27)25-14-8-9-16(15-25)21(26)19-12-5-4-10-17(19)18-11-6-7-13-20(18)24;3*1-2/h4-7,10-13,16H,8-9,14-15H2,1-3H3;3*1-2H3/t16-;;;/m1.../s1. The van der Waals surface area contributed by atoms with Crippen LogP contribution in [0.2, 0.25) is 5.02 Å². The van der Waals surface area contributed by atoms with Crippen molar-refractivity contribution in [3.05, 3.63) is 59.1 Å². The number of hydrogen-bond acceptors (Lipinski definition) is 3. The molecule has 3 rings (SSSR count). The van der Waals surface area contributed by atoms with E-state index in [0.29, 0.717) is 23.7 Å². The van der Waals surface area contributed by atoms with E-state index in [-0.39, 0.29) is 17.8 Å². The molecule has 0 spiro atoms. The normalized spacial score (nSPS) is 14.8. The molecule has 190 valence electrons. The molecule has 2 aromatic rings. The smallest absolute Gasteiger partial charge is 0.410 e. The lowest BCUT2D eigenvalue weighted by atomic mass is 9.86. The Kier molecular flexibility index (Phi) is 15.2. The maximum absolute atomic E-state index is 13.3. The third-order valence-electron chi connectivity index (χ3n) is 4.80. The van der Waals surface area contributed by atoms with Crippen molar-refractivity contribution >= 4 is 23.5 Å². The number of carbonyl (C=O) groups excluding carboxylic acids is 2. The lowest BCUT2D eigenvalue weighted by molar-refractivity contribution is 0.0172. The molecule has 1 atom stereocenters. The molecule has 1 aliphatic heterocycles. The van der Waals surface area contributed by atoms with E-state index in [1.807, 2.05) is 111 Å². The highest BCUT2D eigenvalue weighted by molar-refractivity contribution is 6.33. The van der Waals surface area contributed by atoms with Crippen LogP contribution in [0, 0.1) is 5.92 Å². The van der Waals surface area contributed by atoms with Gasteiger partial charge in [0.2, 0.25) is 0 Å². The fourth-order valence-electron chi connectivity index (χ4n) is 3.52. The number of ether oxygens (including phenoxy) is 1. The minimum absolute atomic E-state index is 0.0452. The van der Waals surface area contributed by atoms with Gasteiger partial charge < -0.3 is 9.64 Å². The van der Waals surface area contributed by atoms with Crippen molar-refractivity contribution < 1.29 is 14.3 Å². The SMILES string of the molecule is CC.CC.CC.CC(C)(C)OC(=O)N1CCC[C@@H](C(=O)c2ccccc2-c2ccccc2Cl)C1. The van der Waals surface area contributed by atoms with E-state index in [1.54, 1.807) is 4.90 Å². The van der Waals surface area contributed by atoms with E-state index in [2.05, 4.69) is 0 Å². The Morgan fingerprint density at radius 2 is 1.41 bits per heavy atom. The first kappa shape index (κ1) is 31.7. The van der Waals surface area contributed by atoms with Crippen molar-refractivity contribution in [3.63, 3.8) is 0 Å². The summed E-state index contributed by atoms with van der Waals surface area (Å²) >= 11 is 6.37. The lowest BCUT2D eigenvalue weighted by Gasteiger charge is -2.33. The van der Waals surface area contributed by atoms with E-state index < -0.39 is 5.60 Å². The summed E-state index contributed by atoms with van der Waals surface area (Å²) in [5.74, 6) is -0.200. The van der Waals surface area contributed by atoms with Crippen molar-refractivity contribution in [3.8, 4) is 11.1 Å². The van der Waals surface area contributed by atoms with Gasteiger partial charge in [0.15, 0.2) is 5.78 Å². The summed E-state index contributed by atoms with van der Waals surface area (Å²) in [5.41, 5.74) is 1.76. The molecule has 0 saturated carbocycles. The van der Waals surface area contributed by atoms with Crippen LogP contribution in [0.3, 0.4) is 0 Å². The van der Waals surface area contributed by atoms with E-state index >= 15 is 0 Å². The van der Waals surface area contributed by atoms with Gasteiger partial charge in [0, 0.05) is 35.2 Å². The monoisotopic (exact) mass is 489 g/mol. The van der Waals surface area contributed by atoms with Crippen molar-refractivity contribution in [2.45, 2.75) is 80.8 Å². The van der Waals surface area contributed by atoms with Crippen molar-refractivity contribution in [2.24, 2.45) is 5.92 Å². The molecular weight excluding hydrogens is 446 g/mol. The molecule has 0 unspecified atom stereocenters. The summed E-state index contributed by atoms with van der Waals surface area (Å²) in [4.78, 5) is 27.4. The molecule has 34 heavy (non-hydrogen) atoms. The highest BCUT2D eigenvalue weighted by Crippen LogP contribution is 2.33. The first-order valence-electron chi connectivity index (χ1n) is 12.6. The number of rotatable bonds is 3. The van der Waals surface area contributed by atoms with Crippen LogP contribution in [0.1, 0.15) is 85.5 Å². The number of ketones is 1. The summed E-state index contributed by atoms with van der Waals surface area (Å²) in [6.45, 7) is 18.5. The average molecular weight is 490 g/mol. The van der Waals surface area contributed by atoms with Crippen LogP contribution < -0.4 is 0 Å². The second-order valence-corrected chi connectivity index (χ2v) is 8.56. The zero-order chi connectivity index (χ0) is 26.3. The summed E-state index contributed by atoms with van der Waals surface area (Å²) in [5, 5.41) is 0.613. The Morgan fingerprint density at radius 1 is 0.882 bits per heavy atom. The number of amides is 1. The van der Waals surface area contributed by atoms with E-state index in [0.717, 1.165) is 24.0 Å². The number of piperidine rings is 1. The topological polar surface area (TPSA) is 46.6 Å². The van der Waals surface area contributed by atoms with E-state index in [4.69, 9.17) is 16.3 Å². The highest BCUT2D eigenvalue weighted by Gasteiger charge is 2.32. The molecule has 0 bridgehead atoms. The van der Waals surface area contributed by atoms with Gasteiger partial charge in [0.1, 0.15) is 5.60 Å². The third kappa shape index (κ3) is 9.50. The number of benzene rings is 2. The van der Waals surface area contributed by atoms with Gasteiger partial charge in [0.05, 0.1) is 0 Å². The zero-order valence-corrected chi connectivity index (χ0v) is 23.3. The molecule has 5 heteroatoms. The largest absolute Gasteiger partial charge is 0.444 e. The van der Waals surface area contributed by atoms with Crippen LogP contribution in [0.25, 0.3) is 11.1 Å². The molecular formula is C29H44ClNO3. The molecule has 1 amide bonds. The number of Topliss-reactive ketones (excluding diaryl/α,β-unsaturated/α-hetero) is 1. The molecule has 1 saturated heterocycles. The van der Waals surface area contributed by atoms with Gasteiger partial charge in [0.25, 0.3) is 0 Å². The molecule has 0 aromatic heterocycles. The Bertz CT molecular complexity index is 874. The van der Waals surface area contributed by atoms with Gasteiger partial charge in [-0.25, -0.2) is 4.79 Å². The fourth-order valence-corrected chi connectivity index (χ4v) is 3.75. The Labute approximate surface area is 212 Å². The van der Waals surface area contributed by atoms with Gasteiger partial charge in [-0.3, -0.25) is 4.79 Å². The molecule has 0 N–H and O–H groups in total.